The van der Waals surface area contributed by atoms with Crippen molar-refractivity contribution in [2.45, 2.75) is 0 Å². The highest BCUT2D eigenvalue weighted by Gasteiger charge is 2.48. The van der Waals surface area contributed by atoms with Gasteiger partial charge in [0.15, 0.2) is 0 Å². The van der Waals surface area contributed by atoms with Gasteiger partial charge < -0.3 is 0 Å². The molecule has 3 rings (SSSR count). The molecule has 2 heteroatoms. The minimum absolute atomic E-state index is 0.0540. The number of nitriles is 1. The van der Waals surface area contributed by atoms with Crippen LogP contribution in [-0.2, 0) is 0 Å². The largest absolute Gasteiger partial charge is 0.265 e. The lowest BCUT2D eigenvalue weighted by Gasteiger charge is -2.19. The Kier molecular flexibility index (Phi) is 0.960. The van der Waals surface area contributed by atoms with Crippen LogP contribution in [0.5, 0.6) is 0 Å². The van der Waals surface area contributed by atoms with Crippen molar-refractivity contribution in [1.29, 1.82) is 5.26 Å². The molecular formula is C11H6N2. The van der Waals surface area contributed by atoms with Gasteiger partial charge in [0.1, 0.15) is 0 Å². The highest BCUT2D eigenvalue weighted by molar-refractivity contribution is 5.92. The van der Waals surface area contributed by atoms with Crippen LogP contribution in [-0.4, -0.2) is 6.21 Å². The fraction of sp³-hybridized carbons (Fsp3) is 0.0909. The number of hydrogen-bond donors (Lipinski definition) is 0. The molecule has 0 aromatic carbocycles. The zero-order valence-corrected chi connectivity index (χ0v) is 6.86. The molecular weight excluding hydrogens is 160 g/mol. The molecule has 0 saturated heterocycles. The topological polar surface area (TPSA) is 36.1 Å². The normalized spacial score (nSPS) is 32.1. The number of nitrogens with zero attached hydrogens (tertiary/aromatic N) is 2. The molecule has 0 radical (unpaired) electrons. The summed E-state index contributed by atoms with van der Waals surface area (Å²) < 4.78 is 0. The Balaban J connectivity index is 2.17. The van der Waals surface area contributed by atoms with Crippen molar-refractivity contribution in [2.75, 3.05) is 0 Å². The molecule has 1 unspecified atom stereocenters. The average molecular weight is 166 g/mol. The van der Waals surface area contributed by atoms with E-state index in [1.807, 2.05) is 24.4 Å². The van der Waals surface area contributed by atoms with Crippen molar-refractivity contribution < 1.29 is 0 Å². The van der Waals surface area contributed by atoms with Gasteiger partial charge in [0.2, 0.25) is 0 Å². The highest BCUT2D eigenvalue weighted by atomic mass is 14.7. The molecule has 0 aromatic rings. The Hall–Kier alpha value is -1.88. The molecule has 1 atom stereocenters. The van der Waals surface area contributed by atoms with Crippen LogP contribution in [0, 0.1) is 16.7 Å². The minimum Gasteiger partial charge on any atom is -0.265 e. The van der Waals surface area contributed by atoms with Crippen LogP contribution in [0.25, 0.3) is 0 Å². The molecule has 0 saturated carbocycles. The van der Waals surface area contributed by atoms with E-state index in [2.05, 4.69) is 17.1 Å². The summed E-state index contributed by atoms with van der Waals surface area (Å²) in [6, 6.07) is 2.19. The lowest BCUT2D eigenvalue weighted by molar-refractivity contribution is 0.868. The summed E-state index contributed by atoms with van der Waals surface area (Å²) in [6.45, 7) is 0. The van der Waals surface area contributed by atoms with Crippen molar-refractivity contribution in [1.82, 2.24) is 0 Å². The molecule has 1 aliphatic heterocycles. The van der Waals surface area contributed by atoms with Gasteiger partial charge in [-0.15, -0.1) is 0 Å². The maximum atomic E-state index is 8.83. The quantitative estimate of drug-likeness (QED) is 0.541. The fourth-order valence-corrected chi connectivity index (χ4v) is 1.90. The third-order valence-electron chi connectivity index (χ3n) is 2.69. The van der Waals surface area contributed by atoms with Crippen molar-refractivity contribution in [3.63, 3.8) is 0 Å². The van der Waals surface area contributed by atoms with Gasteiger partial charge in [-0.25, -0.2) is 0 Å². The second-order valence-electron chi connectivity index (χ2n) is 3.34. The Morgan fingerprint density at radius 2 is 2.31 bits per heavy atom. The second-order valence-corrected chi connectivity index (χ2v) is 3.34. The van der Waals surface area contributed by atoms with Gasteiger partial charge in [0.25, 0.3) is 0 Å². The van der Waals surface area contributed by atoms with Crippen molar-refractivity contribution in [3.8, 4) is 6.07 Å². The standard InChI is InChI=1S/C11H6N2/c12-6-8-1-2-9-7-13-4-3-11(9)5-10(8)11/h1-5,7H. The van der Waals surface area contributed by atoms with E-state index in [1.165, 1.54) is 5.57 Å². The van der Waals surface area contributed by atoms with E-state index in [9.17, 15) is 0 Å². The zero-order chi connectivity index (χ0) is 8.89. The SMILES string of the molecule is N#CC1=CC=C2C=NC=CC23C=C13. The lowest BCUT2D eigenvalue weighted by atomic mass is 9.84. The van der Waals surface area contributed by atoms with Gasteiger partial charge >= 0.3 is 0 Å². The zero-order valence-electron chi connectivity index (χ0n) is 6.86. The maximum Gasteiger partial charge on any atom is 0.0994 e. The third-order valence-corrected chi connectivity index (χ3v) is 2.69. The maximum absolute atomic E-state index is 8.83. The van der Waals surface area contributed by atoms with E-state index in [-0.39, 0.29) is 5.41 Å². The molecule has 0 fully saturated rings. The van der Waals surface area contributed by atoms with Crippen LogP contribution in [0.1, 0.15) is 0 Å². The fourth-order valence-electron chi connectivity index (χ4n) is 1.90. The number of allylic oxidation sites excluding steroid dienone is 7. The van der Waals surface area contributed by atoms with E-state index < -0.39 is 0 Å². The molecule has 3 aliphatic rings. The second kappa shape index (κ2) is 1.89. The smallest absolute Gasteiger partial charge is 0.0994 e. The van der Waals surface area contributed by atoms with Crippen LogP contribution in [0.2, 0.25) is 0 Å². The van der Waals surface area contributed by atoms with Gasteiger partial charge in [0, 0.05) is 12.4 Å². The first kappa shape index (κ1) is 6.62. The van der Waals surface area contributed by atoms with Gasteiger partial charge in [-0.05, 0) is 23.3 Å². The summed E-state index contributed by atoms with van der Waals surface area (Å²) in [5.74, 6) is 0. The monoisotopic (exact) mass is 166 g/mol. The van der Waals surface area contributed by atoms with Crippen LogP contribution in [0.15, 0.2) is 52.2 Å². The Morgan fingerprint density at radius 1 is 1.38 bits per heavy atom. The summed E-state index contributed by atoms with van der Waals surface area (Å²) >= 11 is 0. The van der Waals surface area contributed by atoms with Crippen LogP contribution < -0.4 is 0 Å². The predicted molar refractivity (Wildman–Crippen MR) is 49.9 cm³/mol. The van der Waals surface area contributed by atoms with E-state index in [4.69, 9.17) is 5.26 Å². The molecule has 2 aliphatic carbocycles. The Labute approximate surface area is 75.9 Å². The van der Waals surface area contributed by atoms with E-state index in [0.29, 0.717) is 0 Å². The molecule has 13 heavy (non-hydrogen) atoms. The van der Waals surface area contributed by atoms with Crippen LogP contribution in [0.3, 0.4) is 0 Å². The first-order valence-electron chi connectivity index (χ1n) is 4.14. The van der Waals surface area contributed by atoms with Crippen LogP contribution >= 0.6 is 0 Å². The Morgan fingerprint density at radius 3 is 3.15 bits per heavy atom. The summed E-state index contributed by atoms with van der Waals surface area (Å²) in [7, 11) is 0. The van der Waals surface area contributed by atoms with E-state index in [1.54, 1.807) is 6.20 Å². The molecule has 2 nitrogen and oxygen atoms in total. The molecule has 0 aromatic heterocycles. The summed E-state index contributed by atoms with van der Waals surface area (Å²) in [6.07, 6.45) is 11.6. The first-order valence-corrected chi connectivity index (χ1v) is 4.14. The summed E-state index contributed by atoms with van der Waals surface area (Å²) in [5, 5.41) is 8.83. The molecule has 0 N–H and O–H groups in total. The van der Waals surface area contributed by atoms with Crippen LogP contribution in [0.4, 0.5) is 0 Å². The Bertz CT molecular complexity index is 481. The molecule has 60 valence electrons. The van der Waals surface area contributed by atoms with Gasteiger partial charge in [0.05, 0.1) is 17.1 Å². The van der Waals surface area contributed by atoms with Crippen molar-refractivity contribution in [2.24, 2.45) is 10.4 Å². The third kappa shape index (κ3) is 0.647. The van der Waals surface area contributed by atoms with E-state index in [0.717, 1.165) is 11.1 Å². The predicted octanol–water partition coefficient (Wildman–Crippen LogP) is 1.90. The first-order chi connectivity index (χ1) is 6.37. The minimum atomic E-state index is -0.0540. The number of rotatable bonds is 0. The van der Waals surface area contributed by atoms with Gasteiger partial charge in [-0.2, -0.15) is 5.26 Å². The highest BCUT2D eigenvalue weighted by Crippen LogP contribution is 2.57. The lowest BCUT2D eigenvalue weighted by Crippen LogP contribution is -2.13. The number of hydrogen-bond acceptors (Lipinski definition) is 2. The number of aliphatic imine (C=N–C) groups is 1. The van der Waals surface area contributed by atoms with Crippen molar-refractivity contribution in [3.05, 3.63) is 47.2 Å². The van der Waals surface area contributed by atoms with Crippen molar-refractivity contribution >= 4 is 6.21 Å². The molecule has 0 bridgehead atoms. The summed E-state index contributed by atoms with van der Waals surface area (Å²) in [4.78, 5) is 4.06. The molecule has 1 heterocycles. The summed E-state index contributed by atoms with van der Waals surface area (Å²) in [5.41, 5.74) is 3.03. The average Bonchev–Trinajstić information content (AvgIpc) is 2.89. The molecule has 0 amide bonds. The molecule has 1 spiro atoms. The van der Waals surface area contributed by atoms with Gasteiger partial charge in [-0.1, -0.05) is 12.2 Å². The van der Waals surface area contributed by atoms with E-state index >= 15 is 0 Å². The van der Waals surface area contributed by atoms with Gasteiger partial charge in [-0.3, -0.25) is 4.99 Å².